The molecule has 0 amide bonds. The molecule has 1 aromatic heterocycles. The Kier molecular flexibility index (Phi) is 2.50. The SMILES string of the molecule is O=C(O)c1nc2c(Cl)cc(C(F)(F)F)cc2[nH]1. The van der Waals surface area contributed by atoms with E-state index in [0.29, 0.717) is 6.07 Å². The summed E-state index contributed by atoms with van der Waals surface area (Å²) < 4.78 is 37.4. The van der Waals surface area contributed by atoms with E-state index < -0.39 is 23.5 Å². The molecule has 0 fully saturated rings. The number of halogens is 4. The van der Waals surface area contributed by atoms with E-state index in [1.54, 1.807) is 0 Å². The maximum absolute atomic E-state index is 12.5. The lowest BCUT2D eigenvalue weighted by atomic mass is 10.2. The highest BCUT2D eigenvalue weighted by molar-refractivity contribution is 6.35. The third-order valence-corrected chi connectivity index (χ3v) is 2.36. The highest BCUT2D eigenvalue weighted by Crippen LogP contribution is 2.34. The van der Waals surface area contributed by atoms with Crippen molar-refractivity contribution in [3.8, 4) is 0 Å². The number of rotatable bonds is 1. The maximum atomic E-state index is 12.5. The molecule has 0 unspecified atom stereocenters. The average Bonchev–Trinajstić information content (AvgIpc) is 2.60. The molecule has 4 nitrogen and oxygen atoms in total. The Morgan fingerprint density at radius 3 is 2.59 bits per heavy atom. The molecule has 8 heteroatoms. The summed E-state index contributed by atoms with van der Waals surface area (Å²) in [4.78, 5) is 16.4. The molecule has 0 saturated carbocycles. The number of benzene rings is 1. The van der Waals surface area contributed by atoms with Crippen LogP contribution in [0.3, 0.4) is 0 Å². The van der Waals surface area contributed by atoms with Crippen molar-refractivity contribution >= 4 is 28.6 Å². The molecule has 90 valence electrons. The predicted octanol–water partition coefficient (Wildman–Crippen LogP) is 2.93. The van der Waals surface area contributed by atoms with Gasteiger partial charge in [0.15, 0.2) is 0 Å². The van der Waals surface area contributed by atoms with Crippen LogP contribution in [-0.2, 0) is 6.18 Å². The van der Waals surface area contributed by atoms with Gasteiger partial charge < -0.3 is 10.1 Å². The van der Waals surface area contributed by atoms with Gasteiger partial charge in [0.1, 0.15) is 5.52 Å². The number of carbonyl (C=O) groups is 1. The second-order valence-electron chi connectivity index (χ2n) is 3.24. The van der Waals surface area contributed by atoms with Crippen molar-refractivity contribution in [2.75, 3.05) is 0 Å². The van der Waals surface area contributed by atoms with E-state index in [1.807, 2.05) is 0 Å². The number of H-pyrrole nitrogens is 1. The first-order valence-corrected chi connectivity index (χ1v) is 4.66. The number of aromatic amines is 1. The standard InChI is InChI=1S/C9H4ClF3N2O2/c10-4-1-3(9(11,12)13)2-5-6(4)15-7(14-5)8(16)17/h1-2H,(H,14,15)(H,16,17). The Morgan fingerprint density at radius 2 is 2.06 bits per heavy atom. The summed E-state index contributed by atoms with van der Waals surface area (Å²) >= 11 is 5.61. The first kappa shape index (κ1) is 11.7. The van der Waals surface area contributed by atoms with Crippen LogP contribution in [0.2, 0.25) is 5.02 Å². The third kappa shape index (κ3) is 2.05. The predicted molar refractivity (Wildman–Crippen MR) is 53.1 cm³/mol. The van der Waals surface area contributed by atoms with Crippen molar-refractivity contribution < 1.29 is 23.1 Å². The van der Waals surface area contributed by atoms with E-state index in [2.05, 4.69) is 9.97 Å². The molecule has 0 saturated heterocycles. The zero-order valence-corrected chi connectivity index (χ0v) is 8.73. The smallest absolute Gasteiger partial charge is 0.416 e. The quantitative estimate of drug-likeness (QED) is 0.832. The minimum atomic E-state index is -4.55. The van der Waals surface area contributed by atoms with Crippen LogP contribution in [-0.4, -0.2) is 21.0 Å². The molecule has 2 aromatic rings. The second-order valence-corrected chi connectivity index (χ2v) is 3.65. The van der Waals surface area contributed by atoms with Crippen LogP contribution in [0.5, 0.6) is 0 Å². The Balaban J connectivity index is 2.69. The number of aromatic nitrogens is 2. The fourth-order valence-electron chi connectivity index (χ4n) is 1.34. The molecule has 0 atom stereocenters. The van der Waals surface area contributed by atoms with Crippen molar-refractivity contribution in [3.63, 3.8) is 0 Å². The van der Waals surface area contributed by atoms with Crippen molar-refractivity contribution in [1.29, 1.82) is 0 Å². The van der Waals surface area contributed by atoms with E-state index in [4.69, 9.17) is 16.7 Å². The Labute approximate surface area is 97.0 Å². The average molecular weight is 265 g/mol. The van der Waals surface area contributed by atoms with Gasteiger partial charge in [0, 0.05) is 0 Å². The molecule has 0 spiro atoms. The largest absolute Gasteiger partial charge is 0.475 e. The topological polar surface area (TPSA) is 66.0 Å². The second kappa shape index (κ2) is 3.63. The van der Waals surface area contributed by atoms with Crippen molar-refractivity contribution in [1.82, 2.24) is 9.97 Å². The summed E-state index contributed by atoms with van der Waals surface area (Å²) in [5.41, 5.74) is -1.03. The number of carboxylic acid groups (broad SMARTS) is 1. The minimum Gasteiger partial charge on any atom is -0.475 e. The van der Waals surface area contributed by atoms with Crippen LogP contribution in [0.15, 0.2) is 12.1 Å². The van der Waals surface area contributed by atoms with Gasteiger partial charge in [0.25, 0.3) is 0 Å². The van der Waals surface area contributed by atoms with Crippen molar-refractivity contribution in [3.05, 3.63) is 28.5 Å². The lowest BCUT2D eigenvalue weighted by molar-refractivity contribution is -0.137. The summed E-state index contributed by atoms with van der Waals surface area (Å²) in [6, 6.07) is 1.47. The number of aromatic carboxylic acids is 1. The maximum Gasteiger partial charge on any atom is 0.416 e. The molecular weight excluding hydrogens is 261 g/mol. The molecule has 1 heterocycles. The molecule has 0 aliphatic carbocycles. The molecule has 1 aromatic carbocycles. The zero-order chi connectivity index (χ0) is 12.8. The molecule has 2 N–H and O–H groups in total. The van der Waals surface area contributed by atoms with E-state index in [9.17, 15) is 18.0 Å². The first-order valence-electron chi connectivity index (χ1n) is 4.29. The van der Waals surface area contributed by atoms with Gasteiger partial charge in [-0.2, -0.15) is 13.2 Å². The van der Waals surface area contributed by atoms with E-state index in [-0.39, 0.29) is 16.1 Å². The molecular formula is C9H4ClF3N2O2. The molecule has 0 aliphatic rings. The number of hydrogen-bond donors (Lipinski definition) is 2. The number of imidazole rings is 1. The highest BCUT2D eigenvalue weighted by atomic mass is 35.5. The van der Waals surface area contributed by atoms with Gasteiger partial charge in [0.2, 0.25) is 5.82 Å². The van der Waals surface area contributed by atoms with Crippen LogP contribution in [0.4, 0.5) is 13.2 Å². The molecule has 2 rings (SSSR count). The summed E-state index contributed by atoms with van der Waals surface area (Å²) in [6.45, 7) is 0. The van der Waals surface area contributed by atoms with Gasteiger partial charge in [-0.05, 0) is 12.1 Å². The van der Waals surface area contributed by atoms with Gasteiger partial charge in [-0.3, -0.25) is 0 Å². The third-order valence-electron chi connectivity index (χ3n) is 2.07. The normalized spacial score (nSPS) is 12.0. The fraction of sp³-hybridized carbons (Fsp3) is 0.111. The number of nitrogens with one attached hydrogen (secondary N) is 1. The Bertz CT molecular complexity index is 606. The van der Waals surface area contributed by atoms with Gasteiger partial charge in [-0.15, -0.1) is 0 Å². The molecule has 0 aliphatic heterocycles. The van der Waals surface area contributed by atoms with Crippen LogP contribution in [0, 0.1) is 0 Å². The minimum absolute atomic E-state index is 0.00272. The summed E-state index contributed by atoms with van der Waals surface area (Å²) in [6.07, 6.45) is -4.55. The fourth-order valence-corrected chi connectivity index (χ4v) is 1.60. The number of nitrogens with zero attached hydrogens (tertiary/aromatic N) is 1. The number of alkyl halides is 3. The number of carboxylic acids is 1. The van der Waals surface area contributed by atoms with Crippen LogP contribution >= 0.6 is 11.6 Å². The van der Waals surface area contributed by atoms with Crippen molar-refractivity contribution in [2.45, 2.75) is 6.18 Å². The van der Waals surface area contributed by atoms with E-state index >= 15 is 0 Å². The molecule has 0 bridgehead atoms. The number of hydrogen-bond acceptors (Lipinski definition) is 2. The van der Waals surface area contributed by atoms with Gasteiger partial charge in [0.05, 0.1) is 16.1 Å². The van der Waals surface area contributed by atoms with Crippen LogP contribution in [0.1, 0.15) is 16.2 Å². The van der Waals surface area contributed by atoms with Crippen molar-refractivity contribution in [2.24, 2.45) is 0 Å². The zero-order valence-electron chi connectivity index (χ0n) is 7.97. The monoisotopic (exact) mass is 264 g/mol. The van der Waals surface area contributed by atoms with Gasteiger partial charge in [-0.1, -0.05) is 11.6 Å². The van der Waals surface area contributed by atoms with Crippen LogP contribution < -0.4 is 0 Å². The summed E-state index contributed by atoms with van der Waals surface area (Å²) in [5, 5.41) is 8.40. The van der Waals surface area contributed by atoms with Gasteiger partial charge in [-0.25, -0.2) is 9.78 Å². The number of fused-ring (bicyclic) bond motifs is 1. The van der Waals surface area contributed by atoms with Gasteiger partial charge >= 0.3 is 12.1 Å². The Morgan fingerprint density at radius 1 is 1.41 bits per heavy atom. The van der Waals surface area contributed by atoms with E-state index in [1.165, 1.54) is 0 Å². The first-order chi connectivity index (χ1) is 7.79. The molecule has 0 radical (unpaired) electrons. The summed E-state index contributed by atoms with van der Waals surface area (Å²) in [7, 11) is 0. The highest BCUT2D eigenvalue weighted by Gasteiger charge is 2.31. The lowest BCUT2D eigenvalue weighted by Crippen LogP contribution is -2.04. The van der Waals surface area contributed by atoms with Crippen LogP contribution in [0.25, 0.3) is 11.0 Å². The summed E-state index contributed by atoms with van der Waals surface area (Å²) in [5.74, 6) is -1.83. The lowest BCUT2D eigenvalue weighted by Gasteiger charge is -2.06. The molecule has 17 heavy (non-hydrogen) atoms. The Hall–Kier alpha value is -1.76. The van der Waals surface area contributed by atoms with E-state index in [0.717, 1.165) is 6.07 Å².